The van der Waals surface area contributed by atoms with E-state index in [4.69, 9.17) is 9.47 Å². The molecule has 0 rings (SSSR count). The van der Waals surface area contributed by atoms with Crippen molar-refractivity contribution in [2.24, 2.45) is 5.92 Å². The van der Waals surface area contributed by atoms with Crippen LogP contribution in [0.1, 0.15) is 41.0 Å². The minimum atomic E-state index is 0.0141. The average Bonchev–Trinajstić information content (AvgIpc) is 2.43. The van der Waals surface area contributed by atoms with Crippen LogP contribution < -0.4 is 5.32 Å². The van der Waals surface area contributed by atoms with E-state index in [1.807, 2.05) is 27.7 Å². The number of carbonyl (C=O) groups is 2. The molecule has 0 saturated heterocycles. The summed E-state index contributed by atoms with van der Waals surface area (Å²) >= 11 is 0. The van der Waals surface area contributed by atoms with Crippen LogP contribution in [0.3, 0.4) is 0 Å². The van der Waals surface area contributed by atoms with Crippen molar-refractivity contribution >= 4 is 11.7 Å². The molecule has 0 fully saturated rings. The van der Waals surface area contributed by atoms with Crippen molar-refractivity contribution in [1.82, 2.24) is 5.32 Å². The van der Waals surface area contributed by atoms with E-state index in [0.29, 0.717) is 32.8 Å². The SMILES string of the molecule is CC.CCC(=O)NCCOCCOCC(=O)C(C)C. The van der Waals surface area contributed by atoms with Gasteiger partial charge in [0.1, 0.15) is 6.61 Å². The summed E-state index contributed by atoms with van der Waals surface area (Å²) < 4.78 is 10.4. The molecule has 1 amide bonds. The van der Waals surface area contributed by atoms with Crippen molar-refractivity contribution in [2.45, 2.75) is 41.0 Å². The lowest BCUT2D eigenvalue weighted by Gasteiger charge is -2.07. The number of Topliss-reactive ketones (excluding diaryl/α,β-unsaturated/α-hetero) is 1. The van der Waals surface area contributed by atoms with Crippen LogP contribution in [0.25, 0.3) is 0 Å². The summed E-state index contributed by atoms with van der Waals surface area (Å²) in [6.07, 6.45) is 0.487. The topological polar surface area (TPSA) is 64.6 Å². The molecule has 5 nitrogen and oxygen atoms in total. The minimum Gasteiger partial charge on any atom is -0.377 e. The molecule has 1 N–H and O–H groups in total. The summed E-state index contributed by atoms with van der Waals surface area (Å²) in [5.74, 6) is 0.132. The zero-order valence-corrected chi connectivity index (χ0v) is 13.0. The third-order valence-corrected chi connectivity index (χ3v) is 2.15. The standard InChI is InChI=1S/C12H23NO4.C2H6/c1-4-12(15)13-5-6-16-7-8-17-9-11(14)10(2)3;1-2/h10H,4-9H2,1-3H3,(H,13,15);1-2H3. The Kier molecular flexibility index (Phi) is 16.2. The second-order valence-corrected chi connectivity index (χ2v) is 3.99. The van der Waals surface area contributed by atoms with Crippen molar-refractivity contribution in [3.63, 3.8) is 0 Å². The molecule has 0 aliphatic carbocycles. The van der Waals surface area contributed by atoms with Crippen LogP contribution in [-0.2, 0) is 19.1 Å². The maximum absolute atomic E-state index is 11.2. The normalized spacial score (nSPS) is 9.79. The van der Waals surface area contributed by atoms with Gasteiger partial charge in [-0.15, -0.1) is 0 Å². The van der Waals surface area contributed by atoms with Crippen LogP contribution in [0.15, 0.2) is 0 Å². The number of hydrogen-bond acceptors (Lipinski definition) is 4. The third-order valence-electron chi connectivity index (χ3n) is 2.15. The first-order valence-corrected chi connectivity index (χ1v) is 7.02. The zero-order chi connectivity index (χ0) is 15.1. The van der Waals surface area contributed by atoms with Crippen molar-refractivity contribution in [2.75, 3.05) is 33.0 Å². The molecular formula is C14H29NO4. The van der Waals surface area contributed by atoms with Crippen LogP contribution >= 0.6 is 0 Å². The van der Waals surface area contributed by atoms with Crippen molar-refractivity contribution in [3.05, 3.63) is 0 Å². The molecular weight excluding hydrogens is 246 g/mol. The maximum Gasteiger partial charge on any atom is 0.219 e. The Morgan fingerprint density at radius 2 is 1.63 bits per heavy atom. The van der Waals surface area contributed by atoms with Gasteiger partial charge in [0, 0.05) is 18.9 Å². The molecule has 19 heavy (non-hydrogen) atoms. The second-order valence-electron chi connectivity index (χ2n) is 3.99. The summed E-state index contributed by atoms with van der Waals surface area (Å²) in [7, 11) is 0. The molecule has 0 aromatic heterocycles. The molecule has 0 radical (unpaired) electrons. The molecule has 0 atom stereocenters. The quantitative estimate of drug-likeness (QED) is 0.617. The van der Waals surface area contributed by atoms with E-state index < -0.39 is 0 Å². The fourth-order valence-electron chi connectivity index (χ4n) is 0.947. The number of nitrogens with one attached hydrogen (secondary N) is 1. The third kappa shape index (κ3) is 15.0. The highest BCUT2D eigenvalue weighted by Gasteiger charge is 2.06. The first kappa shape index (κ1) is 20.4. The lowest BCUT2D eigenvalue weighted by Crippen LogP contribution is -2.26. The van der Waals surface area contributed by atoms with Gasteiger partial charge in [-0.05, 0) is 0 Å². The van der Waals surface area contributed by atoms with E-state index in [2.05, 4.69) is 5.32 Å². The number of carbonyl (C=O) groups excluding carboxylic acids is 2. The number of amides is 1. The monoisotopic (exact) mass is 275 g/mol. The van der Waals surface area contributed by atoms with Gasteiger partial charge in [0.2, 0.25) is 5.91 Å². The minimum absolute atomic E-state index is 0.0141. The Morgan fingerprint density at radius 1 is 1.05 bits per heavy atom. The molecule has 0 aliphatic rings. The van der Waals surface area contributed by atoms with Crippen LogP contribution in [0.2, 0.25) is 0 Å². The van der Waals surface area contributed by atoms with Crippen LogP contribution in [0.4, 0.5) is 0 Å². The number of ether oxygens (including phenoxy) is 2. The molecule has 0 aromatic rings. The summed E-state index contributed by atoms with van der Waals surface area (Å²) in [6.45, 7) is 11.5. The fourth-order valence-corrected chi connectivity index (χ4v) is 0.947. The van der Waals surface area contributed by atoms with Crippen molar-refractivity contribution in [1.29, 1.82) is 0 Å². The highest BCUT2D eigenvalue weighted by molar-refractivity contribution is 5.81. The first-order valence-electron chi connectivity index (χ1n) is 7.02. The van der Waals surface area contributed by atoms with Gasteiger partial charge in [0.15, 0.2) is 5.78 Å². The van der Waals surface area contributed by atoms with E-state index in [0.717, 1.165) is 0 Å². The Labute approximate surface area is 117 Å². The van der Waals surface area contributed by atoms with E-state index in [-0.39, 0.29) is 24.2 Å². The highest BCUT2D eigenvalue weighted by atomic mass is 16.5. The van der Waals surface area contributed by atoms with Gasteiger partial charge in [-0.1, -0.05) is 34.6 Å². The van der Waals surface area contributed by atoms with E-state index in [1.54, 1.807) is 6.92 Å². The van der Waals surface area contributed by atoms with Gasteiger partial charge in [-0.2, -0.15) is 0 Å². The van der Waals surface area contributed by atoms with E-state index in [9.17, 15) is 9.59 Å². The molecule has 0 spiro atoms. The van der Waals surface area contributed by atoms with Gasteiger partial charge in [-0.3, -0.25) is 9.59 Å². The zero-order valence-electron chi connectivity index (χ0n) is 13.0. The largest absolute Gasteiger partial charge is 0.377 e. The number of hydrogen-bond donors (Lipinski definition) is 1. The summed E-state index contributed by atoms with van der Waals surface area (Å²) in [6, 6.07) is 0. The molecule has 0 saturated carbocycles. The molecule has 0 bridgehead atoms. The Balaban J connectivity index is 0. The Bertz CT molecular complexity index is 229. The molecule has 0 aliphatic heterocycles. The first-order chi connectivity index (χ1) is 9.07. The second kappa shape index (κ2) is 15.1. The summed E-state index contributed by atoms with van der Waals surface area (Å²) in [5.41, 5.74) is 0. The fraction of sp³-hybridized carbons (Fsp3) is 0.857. The van der Waals surface area contributed by atoms with Gasteiger partial charge in [0.05, 0.1) is 19.8 Å². The van der Waals surface area contributed by atoms with Gasteiger partial charge in [0.25, 0.3) is 0 Å². The molecule has 0 unspecified atom stereocenters. The van der Waals surface area contributed by atoms with Crippen LogP contribution in [0, 0.1) is 5.92 Å². The predicted molar refractivity (Wildman–Crippen MR) is 76.1 cm³/mol. The molecule has 0 heterocycles. The number of rotatable bonds is 10. The summed E-state index contributed by atoms with van der Waals surface area (Å²) in [5, 5.41) is 2.70. The lowest BCUT2D eigenvalue weighted by molar-refractivity contribution is -0.127. The van der Waals surface area contributed by atoms with Gasteiger partial charge < -0.3 is 14.8 Å². The Hall–Kier alpha value is -0.940. The molecule has 0 aromatic carbocycles. The number of ketones is 1. The van der Waals surface area contributed by atoms with Crippen molar-refractivity contribution in [3.8, 4) is 0 Å². The van der Waals surface area contributed by atoms with Crippen LogP contribution in [-0.4, -0.2) is 44.7 Å². The van der Waals surface area contributed by atoms with E-state index >= 15 is 0 Å². The maximum atomic E-state index is 11.2. The van der Waals surface area contributed by atoms with Gasteiger partial charge in [-0.25, -0.2) is 0 Å². The van der Waals surface area contributed by atoms with Crippen LogP contribution in [0.5, 0.6) is 0 Å². The molecule has 114 valence electrons. The highest BCUT2D eigenvalue weighted by Crippen LogP contribution is 1.94. The Morgan fingerprint density at radius 3 is 2.16 bits per heavy atom. The van der Waals surface area contributed by atoms with Crippen molar-refractivity contribution < 1.29 is 19.1 Å². The predicted octanol–water partition coefficient (Wildman–Crippen LogP) is 1.80. The summed E-state index contributed by atoms with van der Waals surface area (Å²) in [4.78, 5) is 22.0. The average molecular weight is 275 g/mol. The lowest BCUT2D eigenvalue weighted by atomic mass is 10.1. The smallest absolute Gasteiger partial charge is 0.219 e. The van der Waals surface area contributed by atoms with Gasteiger partial charge >= 0.3 is 0 Å². The molecule has 5 heteroatoms. The van der Waals surface area contributed by atoms with E-state index in [1.165, 1.54) is 0 Å².